The maximum Gasteiger partial charge on any atom is 0.119 e. The van der Waals surface area contributed by atoms with E-state index in [9.17, 15) is 5.11 Å². The first kappa shape index (κ1) is 16.4. The Kier molecular flexibility index (Phi) is 6.32. The molecule has 0 spiro atoms. The number of aromatic hydroxyl groups is 1. The molecule has 2 aromatic carbocycles. The molecule has 0 aliphatic rings. The van der Waals surface area contributed by atoms with E-state index < -0.39 is 0 Å². The minimum atomic E-state index is 0.261. The Balaban J connectivity index is 1.87. The summed E-state index contributed by atoms with van der Waals surface area (Å²) in [4.78, 5) is 0. The Morgan fingerprint density at radius 3 is 2.05 bits per heavy atom. The molecule has 0 radical (unpaired) electrons. The molecule has 1 N–H and O–H groups in total. The maximum absolute atomic E-state index is 9.33. The molecule has 2 aromatic rings. The Morgan fingerprint density at radius 2 is 1.45 bits per heavy atom. The van der Waals surface area contributed by atoms with Crippen molar-refractivity contribution in [3.8, 4) is 22.6 Å². The van der Waals surface area contributed by atoms with E-state index in [2.05, 4.69) is 26.0 Å². The van der Waals surface area contributed by atoms with Crippen molar-refractivity contribution in [3.63, 3.8) is 0 Å². The van der Waals surface area contributed by atoms with Crippen LogP contribution in [-0.4, -0.2) is 11.2 Å². The summed E-state index contributed by atoms with van der Waals surface area (Å²) in [5, 5.41) is 9.33. The number of benzene rings is 2. The quantitative estimate of drug-likeness (QED) is 0.624. The van der Waals surface area contributed by atoms with Gasteiger partial charge in [0.05, 0.1) is 6.10 Å². The molecular weight excluding hydrogens is 272 g/mol. The minimum absolute atomic E-state index is 0.261. The van der Waals surface area contributed by atoms with Gasteiger partial charge < -0.3 is 9.84 Å². The van der Waals surface area contributed by atoms with E-state index in [0.717, 1.165) is 23.3 Å². The lowest BCUT2D eigenvalue weighted by atomic mass is 10.1. The summed E-state index contributed by atoms with van der Waals surface area (Å²) in [6.45, 7) is 4.37. The summed E-state index contributed by atoms with van der Waals surface area (Å²) < 4.78 is 5.96. The van der Waals surface area contributed by atoms with Crippen LogP contribution in [0.3, 0.4) is 0 Å². The van der Waals surface area contributed by atoms with E-state index in [0.29, 0.717) is 5.75 Å². The molecule has 0 saturated heterocycles. The second-order valence-corrected chi connectivity index (χ2v) is 5.85. The SMILES string of the molecule is CCCCCC[C@@H](C)Oc1ccc(-c2ccc(O)cc2)cc1. The number of hydrogen-bond donors (Lipinski definition) is 1. The first-order valence-electron chi connectivity index (χ1n) is 8.25. The summed E-state index contributed by atoms with van der Waals surface area (Å²) in [5.41, 5.74) is 2.22. The van der Waals surface area contributed by atoms with Crippen LogP contribution in [0.5, 0.6) is 11.5 Å². The molecule has 2 heteroatoms. The average molecular weight is 298 g/mol. The first-order chi connectivity index (χ1) is 10.7. The van der Waals surface area contributed by atoms with Gasteiger partial charge in [-0.2, -0.15) is 0 Å². The molecule has 0 aromatic heterocycles. The molecule has 1 atom stereocenters. The van der Waals surface area contributed by atoms with Gasteiger partial charge in [-0.15, -0.1) is 0 Å². The molecule has 0 unspecified atom stereocenters. The maximum atomic E-state index is 9.33. The predicted molar refractivity (Wildman–Crippen MR) is 92.4 cm³/mol. The van der Waals surface area contributed by atoms with Crippen LogP contribution in [0.4, 0.5) is 0 Å². The van der Waals surface area contributed by atoms with Crippen molar-refractivity contribution in [3.05, 3.63) is 48.5 Å². The van der Waals surface area contributed by atoms with Crippen molar-refractivity contribution >= 4 is 0 Å². The van der Waals surface area contributed by atoms with Gasteiger partial charge in [0.25, 0.3) is 0 Å². The van der Waals surface area contributed by atoms with Crippen LogP contribution < -0.4 is 4.74 Å². The lowest BCUT2D eigenvalue weighted by Gasteiger charge is -2.15. The zero-order valence-electron chi connectivity index (χ0n) is 13.6. The fourth-order valence-electron chi connectivity index (χ4n) is 2.53. The second kappa shape index (κ2) is 8.47. The molecule has 0 heterocycles. The van der Waals surface area contributed by atoms with Gasteiger partial charge in [-0.25, -0.2) is 0 Å². The third-order valence-electron chi connectivity index (χ3n) is 3.86. The summed E-state index contributed by atoms with van der Waals surface area (Å²) in [6.07, 6.45) is 6.49. The standard InChI is InChI=1S/C20H26O2/c1-3-4-5-6-7-16(2)22-20-14-10-18(11-15-20)17-8-12-19(21)13-9-17/h8-16,21H,3-7H2,1-2H3/t16-/m1/s1. The van der Waals surface area contributed by atoms with E-state index >= 15 is 0 Å². The van der Waals surface area contributed by atoms with E-state index in [1.807, 2.05) is 24.3 Å². The van der Waals surface area contributed by atoms with Crippen molar-refractivity contribution < 1.29 is 9.84 Å². The molecule has 2 nitrogen and oxygen atoms in total. The molecule has 0 bridgehead atoms. The van der Waals surface area contributed by atoms with Gasteiger partial charge in [0.1, 0.15) is 11.5 Å². The Bertz CT molecular complexity index is 543. The fraction of sp³-hybridized carbons (Fsp3) is 0.400. The van der Waals surface area contributed by atoms with Gasteiger partial charge >= 0.3 is 0 Å². The third-order valence-corrected chi connectivity index (χ3v) is 3.86. The zero-order valence-corrected chi connectivity index (χ0v) is 13.6. The highest BCUT2D eigenvalue weighted by molar-refractivity contribution is 5.64. The van der Waals surface area contributed by atoms with E-state index in [-0.39, 0.29) is 6.10 Å². The molecule has 0 fully saturated rings. The fourth-order valence-corrected chi connectivity index (χ4v) is 2.53. The van der Waals surface area contributed by atoms with Crippen molar-refractivity contribution in [2.45, 2.75) is 52.1 Å². The van der Waals surface area contributed by atoms with Crippen LogP contribution >= 0.6 is 0 Å². The molecule has 118 valence electrons. The third kappa shape index (κ3) is 5.10. The number of ether oxygens (including phenoxy) is 1. The normalized spacial score (nSPS) is 12.1. The van der Waals surface area contributed by atoms with Crippen LogP contribution in [0.25, 0.3) is 11.1 Å². The van der Waals surface area contributed by atoms with Crippen LogP contribution in [0.15, 0.2) is 48.5 Å². The van der Waals surface area contributed by atoms with E-state index in [1.165, 1.54) is 25.7 Å². The highest BCUT2D eigenvalue weighted by Gasteiger charge is 2.04. The highest BCUT2D eigenvalue weighted by atomic mass is 16.5. The molecule has 22 heavy (non-hydrogen) atoms. The molecule has 0 saturated carbocycles. The Hall–Kier alpha value is -1.96. The zero-order chi connectivity index (χ0) is 15.8. The van der Waals surface area contributed by atoms with Crippen molar-refractivity contribution in [1.82, 2.24) is 0 Å². The van der Waals surface area contributed by atoms with E-state index in [1.54, 1.807) is 12.1 Å². The van der Waals surface area contributed by atoms with Crippen LogP contribution in [0, 0.1) is 0 Å². The molecule has 0 aliphatic heterocycles. The number of rotatable bonds is 8. The number of phenolic OH excluding ortho intramolecular Hbond substituents is 1. The van der Waals surface area contributed by atoms with Crippen molar-refractivity contribution in [2.24, 2.45) is 0 Å². The Morgan fingerprint density at radius 1 is 0.864 bits per heavy atom. The summed E-state index contributed by atoms with van der Waals surface area (Å²) in [6, 6.07) is 15.4. The highest BCUT2D eigenvalue weighted by Crippen LogP contribution is 2.25. The summed E-state index contributed by atoms with van der Waals surface area (Å²) in [7, 11) is 0. The van der Waals surface area contributed by atoms with Gasteiger partial charge in [0.15, 0.2) is 0 Å². The molecule has 0 aliphatic carbocycles. The van der Waals surface area contributed by atoms with Crippen LogP contribution in [0.2, 0.25) is 0 Å². The van der Waals surface area contributed by atoms with E-state index in [4.69, 9.17) is 4.74 Å². The van der Waals surface area contributed by atoms with Gasteiger partial charge in [-0.3, -0.25) is 0 Å². The topological polar surface area (TPSA) is 29.5 Å². The van der Waals surface area contributed by atoms with Crippen LogP contribution in [-0.2, 0) is 0 Å². The summed E-state index contributed by atoms with van der Waals surface area (Å²) in [5.74, 6) is 1.21. The monoisotopic (exact) mass is 298 g/mol. The predicted octanol–water partition coefficient (Wildman–Crippen LogP) is 5.80. The van der Waals surface area contributed by atoms with Gasteiger partial charge in [-0.1, -0.05) is 50.5 Å². The van der Waals surface area contributed by atoms with Gasteiger partial charge in [-0.05, 0) is 55.2 Å². The van der Waals surface area contributed by atoms with Crippen molar-refractivity contribution in [1.29, 1.82) is 0 Å². The molecular formula is C20H26O2. The Labute approximate surface area is 133 Å². The lowest BCUT2D eigenvalue weighted by Crippen LogP contribution is -2.11. The lowest BCUT2D eigenvalue weighted by molar-refractivity contribution is 0.206. The largest absolute Gasteiger partial charge is 0.508 e. The van der Waals surface area contributed by atoms with Crippen LogP contribution in [0.1, 0.15) is 46.0 Å². The number of hydrogen-bond acceptors (Lipinski definition) is 2. The molecule has 2 rings (SSSR count). The smallest absolute Gasteiger partial charge is 0.119 e. The van der Waals surface area contributed by atoms with Gasteiger partial charge in [0.2, 0.25) is 0 Å². The summed E-state index contributed by atoms with van der Waals surface area (Å²) >= 11 is 0. The van der Waals surface area contributed by atoms with Crippen molar-refractivity contribution in [2.75, 3.05) is 0 Å². The molecule has 0 amide bonds. The second-order valence-electron chi connectivity index (χ2n) is 5.85. The number of phenols is 1. The van der Waals surface area contributed by atoms with Gasteiger partial charge in [0, 0.05) is 0 Å². The minimum Gasteiger partial charge on any atom is -0.508 e. The first-order valence-corrected chi connectivity index (χ1v) is 8.25. The number of unbranched alkanes of at least 4 members (excludes halogenated alkanes) is 3. The average Bonchev–Trinajstić information content (AvgIpc) is 2.53.